The van der Waals surface area contributed by atoms with Gasteiger partial charge >= 0.3 is 5.69 Å². The molecule has 0 saturated heterocycles. The zero-order chi connectivity index (χ0) is 14.3. The molecule has 0 saturated carbocycles. The maximum atomic E-state index is 11.9. The van der Waals surface area contributed by atoms with Crippen LogP contribution in [-0.2, 0) is 13.0 Å². The van der Waals surface area contributed by atoms with E-state index in [9.17, 15) is 9.59 Å². The van der Waals surface area contributed by atoms with Crippen molar-refractivity contribution in [1.29, 1.82) is 0 Å². The summed E-state index contributed by atoms with van der Waals surface area (Å²) in [6, 6.07) is 6.13. The Balaban J connectivity index is 1.98. The van der Waals surface area contributed by atoms with Crippen molar-refractivity contribution in [1.82, 2.24) is 9.97 Å². The number of anilines is 1. The molecule has 0 aliphatic carbocycles. The molecule has 0 fully saturated rings. The molecule has 0 atom stereocenters. The van der Waals surface area contributed by atoms with Crippen LogP contribution in [0.4, 0.5) is 5.69 Å². The third-order valence-electron chi connectivity index (χ3n) is 3.62. The quantitative estimate of drug-likeness (QED) is 0.833. The molecule has 0 unspecified atom stereocenters. The van der Waals surface area contributed by atoms with E-state index in [-0.39, 0.29) is 5.56 Å². The fraction of sp³-hybridized carbons (Fsp3) is 0.286. The van der Waals surface area contributed by atoms with E-state index in [1.54, 1.807) is 0 Å². The standard InChI is InChI=1S/C14H14BrN3O2/c1-8-6-9(2-3-11(8)15)18-5-4-12-10(7-18)13(19)17-14(20)16-12/h2-3,6H,4-5,7H2,1H3,(H2,16,17,19,20). The van der Waals surface area contributed by atoms with Crippen molar-refractivity contribution in [3.8, 4) is 0 Å². The molecule has 1 aliphatic heterocycles. The summed E-state index contributed by atoms with van der Waals surface area (Å²) >= 11 is 3.49. The number of fused-ring (bicyclic) bond motifs is 1. The third-order valence-corrected chi connectivity index (χ3v) is 4.51. The SMILES string of the molecule is Cc1cc(N2CCc3[nH]c(=O)[nH]c(=O)c3C2)ccc1Br. The van der Waals surface area contributed by atoms with Crippen molar-refractivity contribution < 1.29 is 0 Å². The molecule has 3 rings (SSSR count). The van der Waals surface area contributed by atoms with E-state index in [0.29, 0.717) is 18.5 Å². The van der Waals surface area contributed by atoms with Gasteiger partial charge in [0, 0.05) is 28.8 Å². The average molecular weight is 336 g/mol. The van der Waals surface area contributed by atoms with Crippen LogP contribution in [0.1, 0.15) is 16.8 Å². The number of H-pyrrole nitrogens is 2. The molecule has 0 radical (unpaired) electrons. The van der Waals surface area contributed by atoms with E-state index in [4.69, 9.17) is 0 Å². The second-order valence-corrected chi connectivity index (χ2v) is 5.82. The largest absolute Gasteiger partial charge is 0.367 e. The number of hydrogen-bond donors (Lipinski definition) is 2. The Kier molecular flexibility index (Phi) is 3.25. The molecule has 2 heterocycles. The lowest BCUT2D eigenvalue weighted by Crippen LogP contribution is -2.38. The molecule has 2 N–H and O–H groups in total. The van der Waals surface area contributed by atoms with Gasteiger partial charge in [-0.3, -0.25) is 9.78 Å². The number of aromatic amines is 2. The van der Waals surface area contributed by atoms with Crippen LogP contribution in [-0.4, -0.2) is 16.5 Å². The summed E-state index contributed by atoms with van der Waals surface area (Å²) in [7, 11) is 0. The highest BCUT2D eigenvalue weighted by Crippen LogP contribution is 2.26. The van der Waals surface area contributed by atoms with Crippen molar-refractivity contribution in [3.63, 3.8) is 0 Å². The summed E-state index contributed by atoms with van der Waals surface area (Å²) in [5.41, 5.74) is 2.93. The lowest BCUT2D eigenvalue weighted by Gasteiger charge is -2.30. The third kappa shape index (κ3) is 2.31. The van der Waals surface area contributed by atoms with Gasteiger partial charge in [0.25, 0.3) is 5.56 Å². The van der Waals surface area contributed by atoms with E-state index in [1.807, 2.05) is 19.1 Å². The van der Waals surface area contributed by atoms with Gasteiger partial charge < -0.3 is 9.88 Å². The Morgan fingerprint density at radius 1 is 1.25 bits per heavy atom. The molecule has 0 spiro atoms. The van der Waals surface area contributed by atoms with Crippen LogP contribution in [0.15, 0.2) is 32.3 Å². The minimum Gasteiger partial charge on any atom is -0.367 e. The zero-order valence-electron chi connectivity index (χ0n) is 11.0. The van der Waals surface area contributed by atoms with Gasteiger partial charge in [0.1, 0.15) is 0 Å². The van der Waals surface area contributed by atoms with E-state index >= 15 is 0 Å². The first kappa shape index (κ1) is 13.2. The molecule has 1 aromatic heterocycles. The van der Waals surface area contributed by atoms with E-state index < -0.39 is 5.69 Å². The second kappa shape index (κ2) is 4.94. The monoisotopic (exact) mass is 335 g/mol. The minimum atomic E-state index is -0.429. The van der Waals surface area contributed by atoms with Crippen LogP contribution in [0.2, 0.25) is 0 Å². The smallest absolute Gasteiger partial charge is 0.325 e. The lowest BCUT2D eigenvalue weighted by molar-refractivity contribution is 0.691. The summed E-state index contributed by atoms with van der Waals surface area (Å²) < 4.78 is 1.07. The predicted octanol–water partition coefficient (Wildman–Crippen LogP) is 1.70. The van der Waals surface area contributed by atoms with Gasteiger partial charge in [0.05, 0.1) is 12.1 Å². The Morgan fingerprint density at radius 2 is 2.05 bits per heavy atom. The molecule has 104 valence electrons. The second-order valence-electron chi connectivity index (χ2n) is 4.97. The highest BCUT2D eigenvalue weighted by molar-refractivity contribution is 9.10. The van der Waals surface area contributed by atoms with E-state index in [0.717, 1.165) is 28.0 Å². The summed E-state index contributed by atoms with van der Waals surface area (Å²) in [5, 5.41) is 0. The first-order chi connectivity index (χ1) is 9.54. The molecular weight excluding hydrogens is 322 g/mol. The predicted molar refractivity (Wildman–Crippen MR) is 81.3 cm³/mol. The molecule has 0 bridgehead atoms. The van der Waals surface area contributed by atoms with Crippen LogP contribution in [0, 0.1) is 6.92 Å². The molecule has 2 aromatic rings. The number of nitrogens with one attached hydrogen (secondary N) is 2. The van der Waals surface area contributed by atoms with Crippen LogP contribution < -0.4 is 16.1 Å². The van der Waals surface area contributed by atoms with Crippen LogP contribution in [0.25, 0.3) is 0 Å². The maximum Gasteiger partial charge on any atom is 0.325 e. The van der Waals surface area contributed by atoms with Gasteiger partial charge in [-0.15, -0.1) is 0 Å². The first-order valence-electron chi connectivity index (χ1n) is 6.40. The fourth-order valence-corrected chi connectivity index (χ4v) is 2.75. The Bertz CT molecular complexity index is 779. The van der Waals surface area contributed by atoms with Crippen LogP contribution in [0.3, 0.4) is 0 Å². The van der Waals surface area contributed by atoms with Crippen LogP contribution in [0.5, 0.6) is 0 Å². The molecule has 20 heavy (non-hydrogen) atoms. The number of benzene rings is 1. The normalized spacial score (nSPS) is 14.2. The van der Waals surface area contributed by atoms with Gasteiger partial charge in [0.15, 0.2) is 0 Å². The lowest BCUT2D eigenvalue weighted by atomic mass is 10.1. The highest BCUT2D eigenvalue weighted by Gasteiger charge is 2.20. The Hall–Kier alpha value is -1.82. The number of rotatable bonds is 1. The van der Waals surface area contributed by atoms with E-state index in [2.05, 4.69) is 36.9 Å². The molecular formula is C14H14BrN3O2. The molecule has 1 aromatic carbocycles. The van der Waals surface area contributed by atoms with Gasteiger partial charge in [-0.05, 0) is 30.7 Å². The maximum absolute atomic E-state index is 11.9. The molecule has 6 heteroatoms. The van der Waals surface area contributed by atoms with Gasteiger partial charge in [-0.25, -0.2) is 4.79 Å². The number of halogens is 1. The van der Waals surface area contributed by atoms with Crippen molar-refractivity contribution in [2.75, 3.05) is 11.4 Å². The number of aromatic nitrogens is 2. The van der Waals surface area contributed by atoms with Gasteiger partial charge in [-0.2, -0.15) is 0 Å². The highest BCUT2D eigenvalue weighted by atomic mass is 79.9. The van der Waals surface area contributed by atoms with Gasteiger partial charge in [-0.1, -0.05) is 15.9 Å². The number of hydrogen-bond acceptors (Lipinski definition) is 3. The Morgan fingerprint density at radius 3 is 2.80 bits per heavy atom. The Labute approximate surface area is 123 Å². The molecule has 5 nitrogen and oxygen atoms in total. The van der Waals surface area contributed by atoms with Crippen molar-refractivity contribution in [3.05, 3.63) is 60.3 Å². The average Bonchev–Trinajstić information content (AvgIpc) is 2.41. The van der Waals surface area contributed by atoms with Crippen molar-refractivity contribution in [2.45, 2.75) is 19.9 Å². The summed E-state index contributed by atoms with van der Waals surface area (Å²) in [5.74, 6) is 0. The topological polar surface area (TPSA) is 69.0 Å². The van der Waals surface area contributed by atoms with E-state index in [1.165, 1.54) is 0 Å². The van der Waals surface area contributed by atoms with Crippen molar-refractivity contribution in [2.24, 2.45) is 0 Å². The zero-order valence-corrected chi connectivity index (χ0v) is 12.6. The summed E-state index contributed by atoms with van der Waals surface area (Å²) in [6.45, 7) is 3.34. The summed E-state index contributed by atoms with van der Waals surface area (Å²) in [4.78, 5) is 30.3. The number of aryl methyl sites for hydroxylation is 1. The summed E-state index contributed by atoms with van der Waals surface area (Å²) in [6.07, 6.45) is 0.670. The van der Waals surface area contributed by atoms with Crippen LogP contribution >= 0.6 is 15.9 Å². The molecule has 1 aliphatic rings. The minimum absolute atomic E-state index is 0.290. The number of nitrogens with zero attached hydrogens (tertiary/aromatic N) is 1. The van der Waals surface area contributed by atoms with Crippen molar-refractivity contribution >= 4 is 21.6 Å². The van der Waals surface area contributed by atoms with Gasteiger partial charge in [0.2, 0.25) is 0 Å². The molecule has 0 amide bonds. The first-order valence-corrected chi connectivity index (χ1v) is 7.19. The fourth-order valence-electron chi connectivity index (χ4n) is 2.50.